The van der Waals surface area contributed by atoms with E-state index in [1.807, 2.05) is 17.2 Å². The molecule has 0 aliphatic heterocycles. The molecule has 2 heterocycles. The lowest BCUT2D eigenvalue weighted by Gasteiger charge is -2.11. The van der Waals surface area contributed by atoms with Gasteiger partial charge in [0.1, 0.15) is 0 Å². The van der Waals surface area contributed by atoms with Crippen LogP contribution < -0.4 is 5.32 Å². The van der Waals surface area contributed by atoms with Gasteiger partial charge in [0, 0.05) is 30.2 Å². The predicted molar refractivity (Wildman–Crippen MR) is 78.5 cm³/mol. The van der Waals surface area contributed by atoms with E-state index >= 15 is 0 Å². The molecule has 2 aromatic heterocycles. The number of nitrogens with zero attached hydrogens (tertiary/aromatic N) is 6. The van der Waals surface area contributed by atoms with Gasteiger partial charge in [0.25, 0.3) is 0 Å². The Bertz CT molecular complexity index is 519. The van der Waals surface area contributed by atoms with Gasteiger partial charge in [-0.3, -0.25) is 0 Å². The number of hydrogen-bond acceptors (Lipinski definition) is 6. The van der Waals surface area contributed by atoms with Crippen molar-refractivity contribution in [3.05, 3.63) is 18.2 Å². The number of likely N-dealkylation sites (N-methyl/N-ethyl adjacent to an activating group) is 1. The summed E-state index contributed by atoms with van der Waals surface area (Å²) in [6, 6.07) is 0.415. The van der Waals surface area contributed by atoms with Crippen molar-refractivity contribution >= 4 is 11.8 Å². The standard InChI is InChI=1S/C12H21N7S/c1-4-13-5-6-19-12(15-16-17-19)20-8-11-7-14-9-18(11)10(2)3/h7,9-10,13H,4-6,8H2,1-3H3. The predicted octanol–water partition coefficient (Wildman–Crippen LogP) is 1.35. The second-order valence-corrected chi connectivity index (χ2v) is 5.66. The Morgan fingerprint density at radius 3 is 3.00 bits per heavy atom. The van der Waals surface area contributed by atoms with Crippen LogP contribution in [-0.2, 0) is 12.3 Å². The smallest absolute Gasteiger partial charge is 0.209 e. The third kappa shape index (κ3) is 3.80. The molecule has 2 rings (SSSR count). The van der Waals surface area contributed by atoms with Crippen LogP contribution in [0.3, 0.4) is 0 Å². The van der Waals surface area contributed by atoms with Crippen LogP contribution in [0.4, 0.5) is 0 Å². The zero-order valence-corrected chi connectivity index (χ0v) is 13.0. The SMILES string of the molecule is CCNCCn1nnnc1SCc1cncn1C(C)C. The van der Waals surface area contributed by atoms with E-state index in [1.165, 1.54) is 5.69 Å². The molecular weight excluding hydrogens is 274 g/mol. The molecule has 0 aromatic carbocycles. The average Bonchev–Trinajstić information content (AvgIpc) is 3.05. The second-order valence-electron chi connectivity index (χ2n) is 4.71. The van der Waals surface area contributed by atoms with E-state index in [1.54, 1.807) is 11.8 Å². The maximum absolute atomic E-state index is 4.21. The molecule has 0 aliphatic rings. The molecular formula is C12H21N7S. The molecule has 0 bridgehead atoms. The van der Waals surface area contributed by atoms with Crippen LogP contribution in [0, 0.1) is 0 Å². The van der Waals surface area contributed by atoms with Crippen molar-refractivity contribution in [2.75, 3.05) is 13.1 Å². The zero-order valence-electron chi connectivity index (χ0n) is 12.2. The number of hydrogen-bond donors (Lipinski definition) is 1. The summed E-state index contributed by atoms with van der Waals surface area (Å²) >= 11 is 1.64. The summed E-state index contributed by atoms with van der Waals surface area (Å²) in [5, 5.41) is 16.0. The van der Waals surface area contributed by atoms with E-state index in [2.05, 4.69) is 51.2 Å². The maximum atomic E-state index is 4.21. The first-order valence-electron chi connectivity index (χ1n) is 6.82. The molecule has 2 aromatic rings. The van der Waals surface area contributed by atoms with Crippen molar-refractivity contribution in [3.63, 3.8) is 0 Å². The summed E-state index contributed by atoms with van der Waals surface area (Å²) in [5.41, 5.74) is 1.19. The monoisotopic (exact) mass is 295 g/mol. The van der Waals surface area contributed by atoms with Crippen LogP contribution in [0.15, 0.2) is 17.7 Å². The van der Waals surface area contributed by atoms with Crippen molar-refractivity contribution in [3.8, 4) is 0 Å². The van der Waals surface area contributed by atoms with Crippen LogP contribution in [0.25, 0.3) is 0 Å². The topological polar surface area (TPSA) is 73.5 Å². The molecule has 7 nitrogen and oxygen atoms in total. The fourth-order valence-corrected chi connectivity index (χ4v) is 2.72. The Kier molecular flexibility index (Phi) is 5.54. The first kappa shape index (κ1) is 15.0. The van der Waals surface area contributed by atoms with Crippen molar-refractivity contribution in [1.29, 1.82) is 0 Å². The summed E-state index contributed by atoms with van der Waals surface area (Å²) in [5.74, 6) is 0.819. The van der Waals surface area contributed by atoms with E-state index in [4.69, 9.17) is 0 Å². The zero-order chi connectivity index (χ0) is 14.4. The highest BCUT2D eigenvalue weighted by Gasteiger charge is 2.10. The highest BCUT2D eigenvalue weighted by Crippen LogP contribution is 2.21. The molecule has 0 spiro atoms. The van der Waals surface area contributed by atoms with Gasteiger partial charge >= 0.3 is 0 Å². The Balaban J connectivity index is 1.93. The van der Waals surface area contributed by atoms with E-state index < -0.39 is 0 Å². The summed E-state index contributed by atoms with van der Waals surface area (Å²) < 4.78 is 4.00. The molecule has 0 radical (unpaired) electrons. The van der Waals surface area contributed by atoms with Gasteiger partial charge in [-0.15, -0.1) is 5.10 Å². The molecule has 0 amide bonds. The average molecular weight is 295 g/mol. The molecule has 110 valence electrons. The van der Waals surface area contributed by atoms with Gasteiger partial charge in [-0.2, -0.15) is 0 Å². The van der Waals surface area contributed by atoms with Gasteiger partial charge in [-0.05, 0) is 30.8 Å². The van der Waals surface area contributed by atoms with Crippen molar-refractivity contribution in [2.24, 2.45) is 0 Å². The fraction of sp³-hybridized carbons (Fsp3) is 0.667. The van der Waals surface area contributed by atoms with E-state index in [0.717, 1.165) is 30.5 Å². The number of tetrazole rings is 1. The fourth-order valence-electron chi connectivity index (χ4n) is 1.85. The number of nitrogens with one attached hydrogen (secondary N) is 1. The first-order valence-corrected chi connectivity index (χ1v) is 7.81. The molecule has 0 atom stereocenters. The largest absolute Gasteiger partial charge is 0.331 e. The minimum absolute atomic E-state index is 0.415. The lowest BCUT2D eigenvalue weighted by atomic mass is 10.4. The van der Waals surface area contributed by atoms with Crippen LogP contribution in [-0.4, -0.2) is 42.8 Å². The Hall–Kier alpha value is -1.41. The highest BCUT2D eigenvalue weighted by molar-refractivity contribution is 7.98. The van der Waals surface area contributed by atoms with Crippen LogP contribution >= 0.6 is 11.8 Å². The van der Waals surface area contributed by atoms with Gasteiger partial charge in [-0.25, -0.2) is 9.67 Å². The number of thioether (sulfide) groups is 1. The van der Waals surface area contributed by atoms with Crippen LogP contribution in [0.2, 0.25) is 0 Å². The molecule has 1 N–H and O–H groups in total. The van der Waals surface area contributed by atoms with Crippen LogP contribution in [0.5, 0.6) is 0 Å². The normalized spacial score (nSPS) is 11.4. The second kappa shape index (κ2) is 7.39. The van der Waals surface area contributed by atoms with Crippen molar-refractivity contribution in [2.45, 2.75) is 44.3 Å². The van der Waals surface area contributed by atoms with E-state index in [9.17, 15) is 0 Å². The Morgan fingerprint density at radius 1 is 1.40 bits per heavy atom. The summed E-state index contributed by atoms with van der Waals surface area (Å²) in [6.45, 7) is 9.00. The van der Waals surface area contributed by atoms with Gasteiger partial charge in [0.05, 0.1) is 12.9 Å². The lowest BCUT2D eigenvalue weighted by Crippen LogP contribution is -2.20. The molecule has 0 saturated heterocycles. The number of rotatable bonds is 8. The molecule has 20 heavy (non-hydrogen) atoms. The van der Waals surface area contributed by atoms with E-state index in [-0.39, 0.29) is 0 Å². The molecule has 0 unspecified atom stereocenters. The quantitative estimate of drug-likeness (QED) is 0.585. The lowest BCUT2D eigenvalue weighted by molar-refractivity contribution is 0.517. The first-order chi connectivity index (χ1) is 9.72. The minimum Gasteiger partial charge on any atom is -0.331 e. The van der Waals surface area contributed by atoms with Gasteiger partial charge in [0.15, 0.2) is 0 Å². The van der Waals surface area contributed by atoms with Crippen molar-refractivity contribution < 1.29 is 0 Å². The molecule has 0 saturated carbocycles. The van der Waals surface area contributed by atoms with E-state index in [0.29, 0.717) is 6.04 Å². The third-order valence-electron chi connectivity index (χ3n) is 2.90. The highest BCUT2D eigenvalue weighted by atomic mass is 32.2. The summed E-state index contributed by atoms with van der Waals surface area (Å²) in [4.78, 5) is 4.21. The van der Waals surface area contributed by atoms with Gasteiger partial charge in [0.2, 0.25) is 5.16 Å². The molecule has 8 heteroatoms. The Labute approximate surface area is 123 Å². The third-order valence-corrected chi connectivity index (χ3v) is 3.89. The molecule has 0 fully saturated rings. The number of imidazole rings is 1. The summed E-state index contributed by atoms with van der Waals surface area (Å²) in [7, 11) is 0. The maximum Gasteiger partial charge on any atom is 0.209 e. The molecule has 0 aliphatic carbocycles. The van der Waals surface area contributed by atoms with Gasteiger partial charge < -0.3 is 9.88 Å². The Morgan fingerprint density at radius 2 is 2.25 bits per heavy atom. The van der Waals surface area contributed by atoms with Crippen molar-refractivity contribution in [1.82, 2.24) is 35.1 Å². The minimum atomic E-state index is 0.415. The number of aromatic nitrogens is 6. The van der Waals surface area contributed by atoms with Crippen LogP contribution in [0.1, 0.15) is 32.5 Å². The van der Waals surface area contributed by atoms with Gasteiger partial charge in [-0.1, -0.05) is 18.7 Å². The summed E-state index contributed by atoms with van der Waals surface area (Å²) in [6.07, 6.45) is 3.77.